The Morgan fingerprint density at radius 1 is 0.552 bits per heavy atom. The summed E-state index contributed by atoms with van der Waals surface area (Å²) in [6, 6.07) is 24.5. The normalized spacial score (nSPS) is 13.9. The maximum Gasteiger partial charge on any atom is 0.268 e. The van der Waals surface area contributed by atoms with Crippen LogP contribution in [-0.4, -0.2) is 45.4 Å². The summed E-state index contributed by atoms with van der Waals surface area (Å²) in [7, 11) is -8.11. The van der Waals surface area contributed by atoms with Crippen molar-refractivity contribution in [1.82, 2.24) is 4.98 Å². The number of halogens is 2. The average Bonchev–Trinajstić information content (AvgIpc) is 3.69. The van der Waals surface area contributed by atoms with Crippen molar-refractivity contribution in [3.05, 3.63) is 169 Å². The Hall–Kier alpha value is -6.66. The molecule has 0 aliphatic carbocycles. The largest absolute Gasteiger partial charge is 0.618 e. The number of fused-ring (bicyclic) bond motifs is 2. The Morgan fingerprint density at radius 3 is 1.34 bits per heavy atom. The third-order valence-corrected chi connectivity index (χ3v) is 14.6. The molecule has 8 rings (SSSR count). The molecule has 0 spiro atoms. The highest BCUT2D eigenvalue weighted by atomic mass is 35.5. The number of amides is 4. The van der Waals surface area contributed by atoms with Gasteiger partial charge in [0.25, 0.3) is 43.7 Å². The Labute approximate surface area is 398 Å². The van der Waals surface area contributed by atoms with Gasteiger partial charge in [-0.2, -0.15) is 4.73 Å². The highest BCUT2D eigenvalue weighted by molar-refractivity contribution is 7.93. The first-order valence-electron chi connectivity index (χ1n) is 20.5. The van der Waals surface area contributed by atoms with E-state index in [1.54, 1.807) is 49.5 Å². The second kappa shape index (κ2) is 17.5. The Bertz CT molecular complexity index is 3280. The Morgan fingerprint density at radius 2 is 0.940 bits per heavy atom. The van der Waals surface area contributed by atoms with Gasteiger partial charge in [-0.05, 0) is 95.6 Å². The molecule has 19 heteroatoms. The van der Waals surface area contributed by atoms with Crippen molar-refractivity contribution in [2.75, 3.05) is 19.2 Å². The van der Waals surface area contributed by atoms with Crippen LogP contribution in [0.5, 0.6) is 0 Å². The number of carbonyl (C=O) groups is 4. The van der Waals surface area contributed by atoms with E-state index in [0.29, 0.717) is 16.1 Å². The molecule has 4 aromatic carbocycles. The minimum Gasteiger partial charge on any atom is -0.618 e. The molecule has 0 unspecified atom stereocenters. The van der Waals surface area contributed by atoms with Crippen LogP contribution < -0.4 is 24.0 Å². The van der Waals surface area contributed by atoms with E-state index in [0.717, 1.165) is 20.9 Å². The number of aromatic nitrogens is 2. The summed E-state index contributed by atoms with van der Waals surface area (Å²) in [6.45, 7) is 15.3. The Balaban J connectivity index is 0.000000199. The molecule has 0 fully saturated rings. The van der Waals surface area contributed by atoms with Crippen LogP contribution in [0.3, 0.4) is 0 Å². The van der Waals surface area contributed by atoms with Crippen molar-refractivity contribution in [2.45, 2.75) is 76.0 Å². The van der Waals surface area contributed by atoms with E-state index in [1.807, 2.05) is 41.5 Å². The van der Waals surface area contributed by atoms with Gasteiger partial charge in [-0.25, -0.2) is 26.6 Å². The van der Waals surface area contributed by atoms with Crippen molar-refractivity contribution < 1.29 is 40.7 Å². The summed E-state index contributed by atoms with van der Waals surface area (Å²) in [5, 5.41) is 12.1. The molecule has 6 aromatic rings. The molecule has 346 valence electrons. The van der Waals surface area contributed by atoms with E-state index in [-0.39, 0.29) is 75.7 Å². The maximum atomic E-state index is 13.3. The lowest BCUT2D eigenvalue weighted by Crippen LogP contribution is -2.36. The fourth-order valence-electron chi connectivity index (χ4n) is 7.44. The van der Waals surface area contributed by atoms with E-state index < -0.39 is 43.7 Å². The van der Waals surface area contributed by atoms with Gasteiger partial charge in [-0.1, -0.05) is 89.0 Å². The number of nitrogens with one attached hydrogen (secondary N) is 2. The molecule has 15 nitrogen and oxygen atoms in total. The molecule has 0 atom stereocenters. The molecule has 67 heavy (non-hydrogen) atoms. The number of imide groups is 2. The van der Waals surface area contributed by atoms with E-state index in [2.05, 4.69) is 14.4 Å². The lowest BCUT2D eigenvalue weighted by molar-refractivity contribution is -0.611. The van der Waals surface area contributed by atoms with Crippen LogP contribution in [-0.2, 0) is 30.9 Å². The van der Waals surface area contributed by atoms with E-state index in [9.17, 15) is 41.2 Å². The number of hydrogen-bond donors (Lipinski definition) is 2. The number of benzene rings is 4. The fraction of sp³-hybridized carbons (Fsp3) is 0.208. The van der Waals surface area contributed by atoms with Crippen molar-refractivity contribution in [2.24, 2.45) is 0 Å². The second-order valence-electron chi connectivity index (χ2n) is 17.8. The van der Waals surface area contributed by atoms with Crippen molar-refractivity contribution in [1.29, 1.82) is 0 Å². The fourth-order valence-corrected chi connectivity index (χ4v) is 10.1. The van der Waals surface area contributed by atoms with Crippen LogP contribution in [0, 0.1) is 19.1 Å². The summed E-state index contributed by atoms with van der Waals surface area (Å²) in [5.41, 5.74) is 2.13. The molecule has 2 aliphatic rings. The SMILES string of the molecule is Cc1c(N2C(=O)c3c(Cl)ccc(NS(=O)(=O)c4ccc(C(C)(C)C)cc4)c3C2=O)ccc[n+]1[O-].Cc1ncccc1N1C(=O)c2c(Cl)ccc(NS(=O)(=O)c3ccc(C(C)(C)C)cc3)c2C1=O. The number of carbonyl (C=O) groups excluding carboxylic acids is 4. The minimum absolute atomic E-state index is 0.00286. The zero-order valence-electron chi connectivity index (χ0n) is 37.4. The van der Waals surface area contributed by atoms with Gasteiger partial charge in [0.15, 0.2) is 6.20 Å². The molecule has 4 amide bonds. The average molecular weight is 984 g/mol. The number of anilines is 4. The number of pyridine rings is 2. The highest BCUT2D eigenvalue weighted by Gasteiger charge is 2.44. The molecule has 0 saturated carbocycles. The monoisotopic (exact) mass is 982 g/mol. The molecule has 0 saturated heterocycles. The van der Waals surface area contributed by atoms with Gasteiger partial charge in [-0.3, -0.25) is 33.6 Å². The minimum atomic E-state index is -4.08. The number of aryl methyl sites for hydroxylation is 1. The van der Waals surface area contributed by atoms with Gasteiger partial charge in [0.05, 0.1) is 64.8 Å². The maximum absolute atomic E-state index is 13.3. The van der Waals surface area contributed by atoms with E-state index in [1.165, 1.54) is 73.8 Å². The topological polar surface area (TPSA) is 207 Å². The van der Waals surface area contributed by atoms with Gasteiger partial charge in [0.1, 0.15) is 5.69 Å². The smallest absolute Gasteiger partial charge is 0.268 e. The zero-order valence-corrected chi connectivity index (χ0v) is 40.6. The van der Waals surface area contributed by atoms with Gasteiger partial charge in [-0.15, -0.1) is 0 Å². The number of sulfonamides is 2. The second-order valence-corrected chi connectivity index (χ2v) is 21.9. The number of rotatable bonds is 8. The van der Waals surface area contributed by atoms with Crippen LogP contribution in [0.25, 0.3) is 0 Å². The number of nitrogens with zero attached hydrogens (tertiary/aromatic N) is 4. The number of hydrogen-bond acceptors (Lipinski definition) is 10. The summed E-state index contributed by atoms with van der Waals surface area (Å²) in [6.07, 6.45) is 2.79. The predicted octanol–water partition coefficient (Wildman–Crippen LogP) is 9.12. The van der Waals surface area contributed by atoms with Crippen LogP contribution >= 0.6 is 23.2 Å². The molecular weight excluding hydrogens is 940 g/mol. The third-order valence-electron chi connectivity index (χ3n) is 11.2. The lowest BCUT2D eigenvalue weighted by atomic mass is 9.87. The molecule has 2 N–H and O–H groups in total. The molecular formula is C48H44Cl2N6O9S2. The lowest BCUT2D eigenvalue weighted by Gasteiger charge is -2.19. The molecule has 2 aliphatic heterocycles. The Kier molecular flexibility index (Phi) is 12.6. The molecule has 4 heterocycles. The standard InChI is InChI=1S/C24H22ClN3O5S.C24H22ClN3O4S/c1-14-19(6-5-13-27(14)31)28-22(29)20-17(25)11-12-18(21(20)23(28)30)26-34(32,33)16-9-7-15(8-10-16)24(2,3)4;1-14-19(6-5-13-26-14)28-22(29)20-17(25)11-12-18(21(20)23(28)30)27-33(31,32)16-9-7-15(8-10-16)24(2,3)4/h5-13,26H,1-4H3;5-13,27H,1-4H3. The highest BCUT2D eigenvalue weighted by Crippen LogP contribution is 2.40. The quantitative estimate of drug-likeness (QED) is 0.0840. The van der Waals surface area contributed by atoms with Gasteiger partial charge in [0.2, 0.25) is 5.69 Å². The summed E-state index contributed by atoms with van der Waals surface area (Å²) >= 11 is 12.5. The molecule has 2 aromatic heterocycles. The molecule has 0 bridgehead atoms. The predicted molar refractivity (Wildman–Crippen MR) is 256 cm³/mol. The third kappa shape index (κ3) is 9.11. The van der Waals surface area contributed by atoms with Gasteiger partial charge >= 0.3 is 0 Å². The van der Waals surface area contributed by atoms with Crippen LogP contribution in [0.15, 0.2) is 119 Å². The summed E-state index contributed by atoms with van der Waals surface area (Å²) < 4.78 is 57.7. The van der Waals surface area contributed by atoms with Crippen LogP contribution in [0.1, 0.15) is 105 Å². The molecule has 0 radical (unpaired) electrons. The van der Waals surface area contributed by atoms with E-state index >= 15 is 0 Å². The first-order chi connectivity index (χ1) is 31.2. The summed E-state index contributed by atoms with van der Waals surface area (Å²) in [4.78, 5) is 58.8. The van der Waals surface area contributed by atoms with Crippen molar-refractivity contribution >= 4 is 89.6 Å². The van der Waals surface area contributed by atoms with Crippen LogP contribution in [0.4, 0.5) is 22.7 Å². The van der Waals surface area contributed by atoms with E-state index in [4.69, 9.17) is 23.2 Å². The van der Waals surface area contributed by atoms with Crippen LogP contribution in [0.2, 0.25) is 10.0 Å². The van der Waals surface area contributed by atoms with Crippen molar-refractivity contribution in [3.8, 4) is 0 Å². The zero-order chi connectivity index (χ0) is 49.1. The van der Waals surface area contributed by atoms with Gasteiger partial charge in [0, 0.05) is 19.2 Å². The van der Waals surface area contributed by atoms with Crippen molar-refractivity contribution in [3.63, 3.8) is 0 Å². The first-order valence-corrected chi connectivity index (χ1v) is 24.3. The first kappa shape index (κ1) is 48.3. The van der Waals surface area contributed by atoms with Gasteiger partial charge < -0.3 is 5.21 Å². The summed E-state index contributed by atoms with van der Waals surface area (Å²) in [5.74, 6) is -2.83.